The minimum atomic E-state index is -0.747. The fourth-order valence-corrected chi connectivity index (χ4v) is 2.98. The average molecular weight is 321 g/mol. The fourth-order valence-electron chi connectivity index (χ4n) is 1.94. The molecule has 2 nitrogen and oxygen atoms in total. The first-order valence-electron chi connectivity index (χ1n) is 5.47. The summed E-state index contributed by atoms with van der Waals surface area (Å²) in [5.41, 5.74) is 0.616. The van der Waals surface area contributed by atoms with E-state index in [1.165, 1.54) is 12.1 Å². The maximum absolute atomic E-state index is 12.9. The molecule has 1 unspecified atom stereocenters. The average Bonchev–Trinajstić information content (AvgIpc) is 2.80. The van der Waals surface area contributed by atoms with Gasteiger partial charge in [0.05, 0.1) is 0 Å². The van der Waals surface area contributed by atoms with Gasteiger partial charge in [-0.3, -0.25) is 4.79 Å². The zero-order chi connectivity index (χ0) is 12.4. The van der Waals surface area contributed by atoms with Gasteiger partial charge in [0.2, 0.25) is 5.91 Å². The van der Waals surface area contributed by atoms with E-state index in [2.05, 4.69) is 15.9 Å². The summed E-state index contributed by atoms with van der Waals surface area (Å²) in [6.45, 7) is 1.53. The molecule has 0 saturated carbocycles. The van der Waals surface area contributed by atoms with Crippen LogP contribution < -0.4 is 0 Å². The molecule has 1 atom stereocenters. The molecule has 1 aromatic carbocycles. The summed E-state index contributed by atoms with van der Waals surface area (Å²) in [5.74, 6) is -0.449. The van der Waals surface area contributed by atoms with Gasteiger partial charge in [-0.2, -0.15) is 0 Å². The highest BCUT2D eigenvalue weighted by Gasteiger charge is 2.27. The summed E-state index contributed by atoms with van der Waals surface area (Å²) in [6, 6.07) is 4.18. The predicted octanol–water partition coefficient (Wildman–Crippen LogP) is 3.49. The SMILES string of the molecule is O=C(C(Cl)c1ccc(F)cc1Br)N1CCCC1. The first kappa shape index (κ1) is 12.8. The number of amides is 1. The number of carbonyl (C=O) groups is 1. The standard InChI is InChI=1S/C12H12BrClFNO/c13-10-7-8(15)3-4-9(10)11(14)12(17)16-5-1-2-6-16/h3-4,7,11H,1-2,5-6H2. The van der Waals surface area contributed by atoms with E-state index in [0.29, 0.717) is 10.0 Å². The van der Waals surface area contributed by atoms with E-state index in [4.69, 9.17) is 11.6 Å². The second-order valence-electron chi connectivity index (χ2n) is 4.06. The van der Waals surface area contributed by atoms with Gasteiger partial charge in [-0.1, -0.05) is 22.0 Å². The number of carbonyl (C=O) groups excluding carboxylic acids is 1. The van der Waals surface area contributed by atoms with Crippen molar-refractivity contribution in [1.29, 1.82) is 0 Å². The molecule has 1 fully saturated rings. The highest BCUT2D eigenvalue weighted by atomic mass is 79.9. The molecule has 1 aromatic rings. The Labute approximate surface area is 113 Å². The van der Waals surface area contributed by atoms with Crippen LogP contribution in [-0.4, -0.2) is 23.9 Å². The third kappa shape index (κ3) is 2.80. The molecule has 0 radical (unpaired) electrons. The van der Waals surface area contributed by atoms with Crippen molar-refractivity contribution in [2.24, 2.45) is 0 Å². The molecule has 0 spiro atoms. The number of benzene rings is 1. The Kier molecular flexibility index (Phi) is 4.05. The molecule has 1 aliphatic rings. The van der Waals surface area contributed by atoms with Crippen LogP contribution in [0.2, 0.25) is 0 Å². The van der Waals surface area contributed by atoms with Crippen molar-refractivity contribution in [3.05, 3.63) is 34.1 Å². The quantitative estimate of drug-likeness (QED) is 0.764. The molecule has 92 valence electrons. The van der Waals surface area contributed by atoms with E-state index in [1.807, 2.05) is 0 Å². The van der Waals surface area contributed by atoms with Crippen molar-refractivity contribution in [1.82, 2.24) is 4.90 Å². The smallest absolute Gasteiger partial charge is 0.245 e. The fraction of sp³-hybridized carbons (Fsp3) is 0.417. The zero-order valence-corrected chi connectivity index (χ0v) is 11.5. The summed E-state index contributed by atoms with van der Waals surface area (Å²) in [7, 11) is 0. The van der Waals surface area contributed by atoms with Gasteiger partial charge in [0.15, 0.2) is 0 Å². The lowest BCUT2D eigenvalue weighted by molar-refractivity contribution is -0.129. The Hall–Kier alpha value is -0.610. The molecular formula is C12H12BrClFNO. The lowest BCUT2D eigenvalue weighted by atomic mass is 10.1. The van der Waals surface area contributed by atoms with Gasteiger partial charge in [-0.25, -0.2) is 4.39 Å². The molecule has 5 heteroatoms. The van der Waals surface area contributed by atoms with Crippen LogP contribution in [-0.2, 0) is 4.79 Å². The molecule has 0 bridgehead atoms. The van der Waals surface area contributed by atoms with Crippen molar-refractivity contribution >= 4 is 33.4 Å². The Morgan fingerprint density at radius 3 is 2.65 bits per heavy atom. The normalized spacial score (nSPS) is 17.2. The number of hydrogen-bond donors (Lipinski definition) is 0. The van der Waals surface area contributed by atoms with Gasteiger partial charge in [0, 0.05) is 17.6 Å². The zero-order valence-electron chi connectivity index (χ0n) is 9.13. The summed E-state index contributed by atoms with van der Waals surface area (Å²) >= 11 is 9.38. The highest BCUT2D eigenvalue weighted by molar-refractivity contribution is 9.10. The van der Waals surface area contributed by atoms with Crippen molar-refractivity contribution < 1.29 is 9.18 Å². The molecule has 0 aliphatic carbocycles. The maximum atomic E-state index is 12.9. The van der Waals surface area contributed by atoms with E-state index in [-0.39, 0.29) is 11.7 Å². The number of halogens is 3. The number of hydrogen-bond acceptors (Lipinski definition) is 1. The lowest BCUT2D eigenvalue weighted by Crippen LogP contribution is -2.30. The van der Waals surface area contributed by atoms with Crippen molar-refractivity contribution in [3.63, 3.8) is 0 Å². The molecule has 2 rings (SSSR count). The van der Waals surface area contributed by atoms with Gasteiger partial charge in [0.1, 0.15) is 11.2 Å². The summed E-state index contributed by atoms with van der Waals surface area (Å²) < 4.78 is 13.5. The van der Waals surface area contributed by atoms with Gasteiger partial charge in [-0.15, -0.1) is 11.6 Å². The highest BCUT2D eigenvalue weighted by Crippen LogP contribution is 2.31. The van der Waals surface area contributed by atoms with E-state index in [0.717, 1.165) is 25.9 Å². The number of rotatable bonds is 2. The molecule has 17 heavy (non-hydrogen) atoms. The van der Waals surface area contributed by atoms with Crippen LogP contribution in [0, 0.1) is 5.82 Å². The van der Waals surface area contributed by atoms with Gasteiger partial charge in [0.25, 0.3) is 0 Å². The van der Waals surface area contributed by atoms with E-state index in [1.54, 1.807) is 11.0 Å². The second-order valence-corrected chi connectivity index (χ2v) is 5.35. The molecule has 1 aliphatic heterocycles. The van der Waals surface area contributed by atoms with Crippen LogP contribution in [0.1, 0.15) is 23.8 Å². The lowest BCUT2D eigenvalue weighted by Gasteiger charge is -2.19. The maximum Gasteiger partial charge on any atom is 0.245 e. The van der Waals surface area contributed by atoms with Crippen LogP contribution in [0.4, 0.5) is 4.39 Å². The Morgan fingerprint density at radius 1 is 1.41 bits per heavy atom. The van der Waals surface area contributed by atoms with E-state index in [9.17, 15) is 9.18 Å². The van der Waals surface area contributed by atoms with Gasteiger partial charge < -0.3 is 4.90 Å². The molecule has 1 heterocycles. The van der Waals surface area contributed by atoms with Crippen molar-refractivity contribution in [2.75, 3.05) is 13.1 Å². The molecule has 0 aromatic heterocycles. The van der Waals surface area contributed by atoms with Gasteiger partial charge in [-0.05, 0) is 30.5 Å². The molecule has 1 saturated heterocycles. The third-order valence-corrected chi connectivity index (χ3v) is 3.98. The molecule has 1 amide bonds. The second kappa shape index (κ2) is 5.36. The van der Waals surface area contributed by atoms with Crippen molar-refractivity contribution in [2.45, 2.75) is 18.2 Å². The Balaban J connectivity index is 2.18. The van der Waals surface area contributed by atoms with Crippen LogP contribution in [0.3, 0.4) is 0 Å². The third-order valence-electron chi connectivity index (χ3n) is 2.87. The largest absolute Gasteiger partial charge is 0.341 e. The number of likely N-dealkylation sites (tertiary alicyclic amines) is 1. The first-order valence-corrected chi connectivity index (χ1v) is 6.70. The predicted molar refractivity (Wildman–Crippen MR) is 68.5 cm³/mol. The van der Waals surface area contributed by atoms with Crippen LogP contribution in [0.15, 0.2) is 22.7 Å². The number of nitrogens with zero attached hydrogens (tertiary/aromatic N) is 1. The van der Waals surface area contributed by atoms with Crippen LogP contribution >= 0.6 is 27.5 Å². The minimum Gasteiger partial charge on any atom is -0.341 e. The number of alkyl halides is 1. The van der Waals surface area contributed by atoms with Crippen molar-refractivity contribution in [3.8, 4) is 0 Å². The van der Waals surface area contributed by atoms with Crippen LogP contribution in [0.25, 0.3) is 0 Å². The Bertz CT molecular complexity index is 435. The summed E-state index contributed by atoms with van der Waals surface area (Å²) in [6.07, 6.45) is 2.06. The van der Waals surface area contributed by atoms with Crippen LogP contribution in [0.5, 0.6) is 0 Å². The monoisotopic (exact) mass is 319 g/mol. The molecular weight excluding hydrogens is 308 g/mol. The Morgan fingerprint density at radius 2 is 2.06 bits per heavy atom. The summed E-state index contributed by atoms with van der Waals surface area (Å²) in [5, 5.41) is -0.747. The molecule has 0 N–H and O–H groups in total. The minimum absolute atomic E-state index is 0.100. The topological polar surface area (TPSA) is 20.3 Å². The summed E-state index contributed by atoms with van der Waals surface area (Å²) in [4.78, 5) is 13.8. The van der Waals surface area contributed by atoms with E-state index < -0.39 is 5.38 Å². The first-order chi connectivity index (χ1) is 8.09. The van der Waals surface area contributed by atoms with E-state index >= 15 is 0 Å². The van der Waals surface area contributed by atoms with Gasteiger partial charge >= 0.3 is 0 Å².